The Morgan fingerprint density at radius 2 is 1.89 bits per heavy atom. The van der Waals surface area contributed by atoms with Gasteiger partial charge in [-0.05, 0) is 32.3 Å². The Kier molecular flexibility index (Phi) is 2.90. The summed E-state index contributed by atoms with van der Waals surface area (Å²) >= 11 is 0. The maximum atomic E-state index is 9.33. The first-order valence-corrected chi connectivity index (χ1v) is 6.65. The van der Waals surface area contributed by atoms with Crippen molar-refractivity contribution in [1.82, 2.24) is 10.1 Å². The van der Waals surface area contributed by atoms with Gasteiger partial charge in [0.1, 0.15) is 0 Å². The molecule has 0 aliphatic heterocycles. The second-order valence-electron chi connectivity index (χ2n) is 5.77. The zero-order valence-corrected chi connectivity index (χ0v) is 11.2. The topological polar surface area (TPSA) is 59.2 Å². The second kappa shape index (κ2) is 4.46. The third kappa shape index (κ3) is 2.16. The maximum absolute atomic E-state index is 9.33. The second-order valence-corrected chi connectivity index (χ2v) is 5.77. The summed E-state index contributed by atoms with van der Waals surface area (Å²) in [5, 5.41) is 13.5. The van der Waals surface area contributed by atoms with Crippen molar-refractivity contribution >= 4 is 0 Å². The lowest BCUT2D eigenvalue weighted by Gasteiger charge is -2.28. The van der Waals surface area contributed by atoms with E-state index in [1.54, 1.807) is 0 Å². The van der Waals surface area contributed by atoms with E-state index in [0.717, 1.165) is 18.4 Å². The summed E-state index contributed by atoms with van der Waals surface area (Å²) in [6.45, 7) is 4.18. The van der Waals surface area contributed by atoms with Crippen LogP contribution in [0.3, 0.4) is 0 Å². The van der Waals surface area contributed by atoms with Gasteiger partial charge in [-0.2, -0.15) is 4.98 Å². The van der Waals surface area contributed by atoms with E-state index in [0.29, 0.717) is 11.7 Å². The van der Waals surface area contributed by atoms with Crippen LogP contribution in [0, 0.1) is 0 Å². The first kappa shape index (κ1) is 12.4. The highest BCUT2D eigenvalue weighted by atomic mass is 16.5. The standard InChI is InChI=1S/C15H18N2O2/c1-15(2,11-6-4-3-5-7-11)14-16-13(19-17-14)10-8-12(18)9-10/h3-7,10,12,18H,8-9H2,1-2H3. The van der Waals surface area contributed by atoms with E-state index in [1.807, 2.05) is 18.2 Å². The van der Waals surface area contributed by atoms with Crippen LogP contribution in [-0.4, -0.2) is 21.4 Å². The highest BCUT2D eigenvalue weighted by Crippen LogP contribution is 2.37. The molecular formula is C15H18N2O2. The van der Waals surface area contributed by atoms with Gasteiger partial charge < -0.3 is 9.63 Å². The highest BCUT2D eigenvalue weighted by Gasteiger charge is 2.35. The molecule has 0 spiro atoms. The van der Waals surface area contributed by atoms with Gasteiger partial charge in [-0.15, -0.1) is 0 Å². The Hall–Kier alpha value is -1.68. The Morgan fingerprint density at radius 3 is 2.53 bits per heavy atom. The maximum Gasteiger partial charge on any atom is 0.229 e. The molecule has 1 saturated carbocycles. The predicted molar refractivity (Wildman–Crippen MR) is 70.8 cm³/mol. The Bertz CT molecular complexity index is 557. The minimum atomic E-state index is -0.272. The molecule has 1 heterocycles. The van der Waals surface area contributed by atoms with Crippen LogP contribution in [-0.2, 0) is 5.41 Å². The molecule has 0 unspecified atom stereocenters. The van der Waals surface area contributed by atoms with Crippen molar-refractivity contribution in [3.8, 4) is 0 Å². The average molecular weight is 258 g/mol. The van der Waals surface area contributed by atoms with E-state index in [2.05, 4.69) is 36.1 Å². The van der Waals surface area contributed by atoms with Crippen molar-refractivity contribution < 1.29 is 9.63 Å². The van der Waals surface area contributed by atoms with Gasteiger partial charge >= 0.3 is 0 Å². The van der Waals surface area contributed by atoms with Crippen LogP contribution in [0.15, 0.2) is 34.9 Å². The molecule has 100 valence electrons. The summed E-state index contributed by atoms with van der Waals surface area (Å²) in [5.74, 6) is 1.59. The Labute approximate surface area is 112 Å². The molecular weight excluding hydrogens is 240 g/mol. The smallest absolute Gasteiger partial charge is 0.229 e. The summed E-state index contributed by atoms with van der Waals surface area (Å²) in [4.78, 5) is 4.53. The fraction of sp³-hybridized carbons (Fsp3) is 0.467. The molecule has 0 saturated heterocycles. The SMILES string of the molecule is CC(C)(c1ccccc1)c1noc(C2CC(O)C2)n1. The fourth-order valence-corrected chi connectivity index (χ4v) is 2.43. The number of aromatic nitrogens is 2. The zero-order valence-electron chi connectivity index (χ0n) is 11.2. The normalized spacial score (nSPS) is 23.1. The van der Waals surface area contributed by atoms with Crippen LogP contribution in [0.25, 0.3) is 0 Å². The van der Waals surface area contributed by atoms with Crippen LogP contribution in [0.4, 0.5) is 0 Å². The number of rotatable bonds is 3. The quantitative estimate of drug-likeness (QED) is 0.919. The predicted octanol–water partition coefficient (Wildman–Crippen LogP) is 2.63. The first-order chi connectivity index (χ1) is 9.07. The summed E-state index contributed by atoms with van der Waals surface area (Å²) in [7, 11) is 0. The molecule has 1 aliphatic rings. The van der Waals surface area contributed by atoms with Crippen LogP contribution < -0.4 is 0 Å². The molecule has 1 aromatic carbocycles. The number of aliphatic hydroxyl groups is 1. The number of aliphatic hydroxyl groups excluding tert-OH is 1. The minimum Gasteiger partial charge on any atom is -0.393 e. The molecule has 0 radical (unpaired) electrons. The van der Waals surface area contributed by atoms with E-state index < -0.39 is 0 Å². The summed E-state index contributed by atoms with van der Waals surface area (Å²) in [6.07, 6.45) is 1.25. The highest BCUT2D eigenvalue weighted by molar-refractivity contribution is 5.30. The van der Waals surface area contributed by atoms with Crippen molar-refractivity contribution in [3.63, 3.8) is 0 Å². The molecule has 4 heteroatoms. The van der Waals surface area contributed by atoms with Gasteiger partial charge in [-0.3, -0.25) is 0 Å². The number of hydrogen-bond donors (Lipinski definition) is 1. The average Bonchev–Trinajstić information content (AvgIpc) is 2.86. The van der Waals surface area contributed by atoms with Crippen LogP contribution >= 0.6 is 0 Å². The number of hydrogen-bond acceptors (Lipinski definition) is 4. The molecule has 1 fully saturated rings. The van der Waals surface area contributed by atoms with E-state index >= 15 is 0 Å². The van der Waals surface area contributed by atoms with Crippen LogP contribution in [0.1, 0.15) is 49.9 Å². The number of benzene rings is 1. The van der Waals surface area contributed by atoms with E-state index in [-0.39, 0.29) is 17.4 Å². The van der Waals surface area contributed by atoms with Crippen molar-refractivity contribution in [2.45, 2.75) is 44.1 Å². The minimum absolute atomic E-state index is 0.206. The zero-order chi connectivity index (χ0) is 13.5. The van der Waals surface area contributed by atoms with Gasteiger partial charge in [0.25, 0.3) is 0 Å². The van der Waals surface area contributed by atoms with E-state index in [9.17, 15) is 5.11 Å². The molecule has 0 amide bonds. The molecule has 4 nitrogen and oxygen atoms in total. The largest absolute Gasteiger partial charge is 0.393 e. The Balaban J connectivity index is 1.86. The Morgan fingerprint density at radius 1 is 1.21 bits per heavy atom. The van der Waals surface area contributed by atoms with Crippen LogP contribution in [0.5, 0.6) is 0 Å². The van der Waals surface area contributed by atoms with E-state index in [1.165, 1.54) is 0 Å². The lowest BCUT2D eigenvalue weighted by Crippen LogP contribution is -2.27. The molecule has 1 N–H and O–H groups in total. The molecule has 1 aliphatic carbocycles. The lowest BCUT2D eigenvalue weighted by molar-refractivity contribution is 0.0625. The molecule has 1 aromatic heterocycles. The van der Waals surface area contributed by atoms with Crippen molar-refractivity contribution in [3.05, 3.63) is 47.6 Å². The summed E-state index contributed by atoms with van der Waals surface area (Å²) < 4.78 is 5.35. The van der Waals surface area contributed by atoms with Gasteiger partial charge in [0.05, 0.1) is 11.5 Å². The number of nitrogens with zero attached hydrogens (tertiary/aromatic N) is 2. The van der Waals surface area contributed by atoms with Gasteiger partial charge in [0, 0.05) is 5.92 Å². The fourth-order valence-electron chi connectivity index (χ4n) is 2.43. The monoisotopic (exact) mass is 258 g/mol. The van der Waals surface area contributed by atoms with Gasteiger partial charge in [0.2, 0.25) is 5.89 Å². The third-order valence-electron chi connectivity index (χ3n) is 3.96. The molecule has 3 rings (SSSR count). The first-order valence-electron chi connectivity index (χ1n) is 6.65. The van der Waals surface area contributed by atoms with Gasteiger partial charge in [-0.1, -0.05) is 35.5 Å². The molecule has 19 heavy (non-hydrogen) atoms. The van der Waals surface area contributed by atoms with Crippen molar-refractivity contribution in [1.29, 1.82) is 0 Å². The van der Waals surface area contributed by atoms with Crippen molar-refractivity contribution in [2.24, 2.45) is 0 Å². The molecule has 2 aromatic rings. The summed E-state index contributed by atoms with van der Waals surface area (Å²) in [6, 6.07) is 10.2. The third-order valence-corrected chi connectivity index (χ3v) is 3.96. The van der Waals surface area contributed by atoms with Crippen LogP contribution in [0.2, 0.25) is 0 Å². The van der Waals surface area contributed by atoms with Crippen molar-refractivity contribution in [2.75, 3.05) is 0 Å². The van der Waals surface area contributed by atoms with Gasteiger partial charge in [0.15, 0.2) is 5.82 Å². The van der Waals surface area contributed by atoms with Gasteiger partial charge in [-0.25, -0.2) is 0 Å². The lowest BCUT2D eigenvalue weighted by atomic mass is 9.82. The summed E-state index contributed by atoms with van der Waals surface area (Å²) in [5.41, 5.74) is 0.891. The molecule has 0 bridgehead atoms. The molecule has 0 atom stereocenters. The van der Waals surface area contributed by atoms with E-state index in [4.69, 9.17) is 4.52 Å².